The van der Waals surface area contributed by atoms with E-state index in [2.05, 4.69) is 10.3 Å². The maximum atomic E-state index is 13.5. The van der Waals surface area contributed by atoms with Gasteiger partial charge in [0, 0.05) is 34.1 Å². The Kier molecular flexibility index (Phi) is 6.19. The van der Waals surface area contributed by atoms with Crippen molar-refractivity contribution in [2.24, 2.45) is 17.8 Å². The molecule has 1 aromatic heterocycles. The Hall–Kier alpha value is -3.32. The number of carbonyl (C=O) groups is 3. The van der Waals surface area contributed by atoms with Gasteiger partial charge in [0.05, 0.1) is 13.2 Å². The van der Waals surface area contributed by atoms with Crippen LogP contribution in [0, 0.1) is 17.8 Å². The van der Waals surface area contributed by atoms with Crippen LogP contribution in [0.25, 0.3) is 10.9 Å². The van der Waals surface area contributed by atoms with E-state index in [1.165, 1.54) is 26.4 Å². The molecule has 2 amide bonds. The Morgan fingerprint density at radius 3 is 2.27 bits per heavy atom. The van der Waals surface area contributed by atoms with Gasteiger partial charge in [0.25, 0.3) is 5.91 Å². The third-order valence-electron chi connectivity index (χ3n) is 9.91. The van der Waals surface area contributed by atoms with Gasteiger partial charge in [-0.25, -0.2) is 4.79 Å². The van der Waals surface area contributed by atoms with Crippen molar-refractivity contribution in [3.05, 3.63) is 70.9 Å². The van der Waals surface area contributed by atoms with Gasteiger partial charge in [-0.15, -0.1) is 11.6 Å². The molecule has 40 heavy (non-hydrogen) atoms. The second-order valence-corrected chi connectivity index (χ2v) is 12.7. The lowest BCUT2D eigenvalue weighted by Crippen LogP contribution is -2.59. The van der Waals surface area contributed by atoms with Crippen molar-refractivity contribution in [1.29, 1.82) is 0 Å². The highest BCUT2D eigenvalue weighted by Crippen LogP contribution is 2.55. The fourth-order valence-corrected chi connectivity index (χ4v) is 8.86. The highest BCUT2D eigenvalue weighted by molar-refractivity contribution is 6.27. The van der Waals surface area contributed by atoms with Crippen LogP contribution in [0.3, 0.4) is 0 Å². The number of hydrogen-bond acceptors (Lipinski definition) is 4. The summed E-state index contributed by atoms with van der Waals surface area (Å²) < 4.78 is 5.13. The average molecular weight is 560 g/mol. The summed E-state index contributed by atoms with van der Waals surface area (Å²) in [6.07, 6.45) is 7.59. The van der Waals surface area contributed by atoms with Crippen LogP contribution in [0.5, 0.6) is 0 Å². The minimum atomic E-state index is -0.813. The average Bonchev–Trinajstić information content (AvgIpc) is 3.33. The Balaban J connectivity index is 1.23. The Morgan fingerprint density at radius 2 is 1.65 bits per heavy atom. The van der Waals surface area contributed by atoms with E-state index in [9.17, 15) is 14.4 Å². The van der Waals surface area contributed by atoms with Gasteiger partial charge in [-0.3, -0.25) is 9.59 Å². The lowest BCUT2D eigenvalue weighted by atomic mass is 9.53. The van der Waals surface area contributed by atoms with Gasteiger partial charge in [-0.05, 0) is 85.6 Å². The zero-order valence-corrected chi connectivity index (χ0v) is 23.4. The van der Waals surface area contributed by atoms with Gasteiger partial charge in [0.2, 0.25) is 5.91 Å². The van der Waals surface area contributed by atoms with Crippen LogP contribution in [-0.2, 0) is 20.7 Å². The number of halogens is 1. The lowest BCUT2D eigenvalue weighted by molar-refractivity contribution is -0.154. The second-order valence-electron chi connectivity index (χ2n) is 12.4. The molecule has 4 aliphatic carbocycles. The number of ether oxygens (including phenoxy) is 1. The van der Waals surface area contributed by atoms with Crippen LogP contribution < -0.4 is 5.32 Å². The van der Waals surface area contributed by atoms with Crippen molar-refractivity contribution in [1.82, 2.24) is 15.2 Å². The minimum absolute atomic E-state index is 0.0374. The molecule has 0 spiro atoms. The van der Waals surface area contributed by atoms with Gasteiger partial charge >= 0.3 is 5.97 Å². The quantitative estimate of drug-likeness (QED) is 0.335. The highest BCUT2D eigenvalue weighted by atomic mass is 35.5. The maximum absolute atomic E-state index is 13.5. The molecule has 208 valence electrons. The van der Waals surface area contributed by atoms with Gasteiger partial charge in [-0.1, -0.05) is 30.3 Å². The van der Waals surface area contributed by atoms with E-state index in [1.807, 2.05) is 48.5 Å². The molecule has 8 heteroatoms. The first-order valence-corrected chi connectivity index (χ1v) is 14.9. The number of hydrogen-bond donors (Lipinski definition) is 2. The van der Waals surface area contributed by atoms with Gasteiger partial charge in [0.1, 0.15) is 11.9 Å². The number of rotatable bonds is 5. The van der Waals surface area contributed by atoms with Gasteiger partial charge in [0.15, 0.2) is 0 Å². The van der Waals surface area contributed by atoms with E-state index >= 15 is 0 Å². The van der Waals surface area contributed by atoms with Gasteiger partial charge in [-0.2, -0.15) is 0 Å². The van der Waals surface area contributed by atoms with E-state index in [0.29, 0.717) is 12.0 Å². The summed E-state index contributed by atoms with van der Waals surface area (Å²) in [7, 11) is 1.34. The smallest absolute Gasteiger partial charge is 0.328 e. The third-order valence-corrected chi connectivity index (χ3v) is 10.1. The van der Waals surface area contributed by atoms with Crippen LogP contribution in [0.15, 0.2) is 48.5 Å². The number of esters is 1. The predicted molar refractivity (Wildman–Crippen MR) is 152 cm³/mol. The van der Waals surface area contributed by atoms with Gasteiger partial charge < -0.3 is 19.9 Å². The molecular weight excluding hydrogens is 526 g/mol. The first-order chi connectivity index (χ1) is 19.4. The number of H-pyrrole nitrogens is 1. The number of benzene rings is 2. The molecule has 1 aliphatic heterocycles. The molecule has 3 aromatic rings. The molecule has 2 heterocycles. The number of nitrogens with one attached hydrogen (secondary N) is 2. The standard InChI is InChI=1S/C32H34ClN3O4/c1-40-31(39)26-13-24-23-4-2-3-5-25(23)34-28(24)29(36(26)27(37)17-33)21-6-8-22(9-7-21)30(38)35-32-14-18-10-19(15-32)12-20(11-18)16-32/h2-9,18-20,26,29,34H,10-17H2,1H3,(H,35,38)/t18?,19?,20?,26?,29-,32?/m1/s1. The second kappa shape index (κ2) is 9.65. The van der Waals surface area contributed by atoms with E-state index in [-0.39, 0.29) is 23.2 Å². The maximum Gasteiger partial charge on any atom is 0.328 e. The lowest BCUT2D eigenvalue weighted by Gasteiger charge is -2.56. The molecule has 2 atom stereocenters. The Labute approximate surface area is 238 Å². The molecule has 5 aliphatic rings. The predicted octanol–water partition coefficient (Wildman–Crippen LogP) is 5.12. The van der Waals surface area contributed by atoms with E-state index in [1.54, 1.807) is 4.90 Å². The molecule has 8 rings (SSSR count). The molecule has 7 nitrogen and oxygen atoms in total. The summed E-state index contributed by atoms with van der Waals surface area (Å²) >= 11 is 6.07. The zero-order chi connectivity index (χ0) is 27.6. The van der Waals surface area contributed by atoms with Crippen LogP contribution in [0.1, 0.15) is 71.7 Å². The monoisotopic (exact) mass is 559 g/mol. The number of para-hydroxylation sites is 1. The van der Waals surface area contributed by atoms with Crippen molar-refractivity contribution in [3.63, 3.8) is 0 Å². The van der Waals surface area contributed by atoms with Crippen molar-refractivity contribution < 1.29 is 19.1 Å². The highest BCUT2D eigenvalue weighted by Gasteiger charge is 2.51. The third kappa shape index (κ3) is 4.12. The van der Waals surface area contributed by atoms with E-state index in [4.69, 9.17) is 16.3 Å². The SMILES string of the molecule is COC(=O)C1Cc2c([nH]c3ccccc23)[C@@H](c2ccc(C(=O)NC34CC5CC(CC(C5)C3)C4)cc2)N1C(=O)CCl. The summed E-state index contributed by atoms with van der Waals surface area (Å²) in [6, 6.07) is 14.0. The number of alkyl halides is 1. The number of carbonyl (C=O) groups excluding carboxylic acids is 3. The summed E-state index contributed by atoms with van der Waals surface area (Å²) in [5.41, 5.74) is 4.11. The van der Waals surface area contributed by atoms with Crippen molar-refractivity contribution >= 4 is 40.3 Å². The van der Waals surface area contributed by atoms with Crippen LogP contribution in [0.4, 0.5) is 0 Å². The molecule has 2 aromatic carbocycles. The van der Waals surface area contributed by atoms with Crippen LogP contribution in [0.2, 0.25) is 0 Å². The fourth-order valence-electron chi connectivity index (χ4n) is 8.73. The topological polar surface area (TPSA) is 91.5 Å². The molecule has 4 bridgehead atoms. The molecule has 1 unspecified atom stereocenters. The van der Waals surface area contributed by atoms with Crippen LogP contribution >= 0.6 is 11.6 Å². The molecular formula is C32H34ClN3O4. The molecule has 4 fully saturated rings. The Bertz CT molecular complexity index is 1460. The fraction of sp³-hybridized carbons (Fsp3) is 0.469. The molecule has 4 saturated carbocycles. The normalized spacial score (nSPS) is 30.2. The summed E-state index contributed by atoms with van der Waals surface area (Å²) in [4.78, 5) is 44.7. The molecule has 0 saturated heterocycles. The van der Waals surface area contributed by atoms with Crippen LogP contribution in [-0.4, -0.2) is 52.2 Å². The van der Waals surface area contributed by atoms with E-state index in [0.717, 1.165) is 64.7 Å². The number of fused-ring (bicyclic) bond motifs is 3. The van der Waals surface area contributed by atoms with Crippen molar-refractivity contribution in [3.8, 4) is 0 Å². The number of aromatic amines is 1. The minimum Gasteiger partial charge on any atom is -0.467 e. The largest absolute Gasteiger partial charge is 0.467 e. The zero-order valence-electron chi connectivity index (χ0n) is 22.6. The number of aromatic nitrogens is 1. The molecule has 0 radical (unpaired) electrons. The van der Waals surface area contributed by atoms with Crippen molar-refractivity contribution in [2.75, 3.05) is 13.0 Å². The number of nitrogens with zero attached hydrogens (tertiary/aromatic N) is 1. The summed E-state index contributed by atoms with van der Waals surface area (Å²) in [5.74, 6) is 1.12. The van der Waals surface area contributed by atoms with Crippen molar-refractivity contribution in [2.45, 2.75) is 62.6 Å². The number of amides is 2. The summed E-state index contributed by atoms with van der Waals surface area (Å²) in [6.45, 7) is 0. The number of methoxy groups -OCH3 is 1. The Morgan fingerprint density at radius 1 is 1.00 bits per heavy atom. The molecule has 2 N–H and O–H groups in total. The first-order valence-electron chi connectivity index (χ1n) is 14.3. The van der Waals surface area contributed by atoms with E-state index < -0.39 is 18.1 Å². The first kappa shape index (κ1) is 25.6. The summed E-state index contributed by atoms with van der Waals surface area (Å²) in [5, 5.41) is 4.47.